The molecular formula is C57H102N2O21. The molecule has 0 saturated carbocycles. The standard InChI is InChI=1S/C57H102N2O21/c1-4-6-8-10-12-14-16-18-19-20-22-24-26-28-30-39(64)38(59-44(67)31-29-27-25-23-21-17-15-13-11-9-7-5-2)36-75-54-49(71)48(70)51(43(35-62)77-54)78-55-50(72)53(47(69)42(34-61)76-55)80-57(56(73)74)32-40(65)45(58-37(3)63)52(79-57)46(68)41(66)33-60/h13,15,28,30,38-43,45-55,60-62,64-66,68-72H,4-12,14,16-27,29,31-36H2,1-3H3,(H,58,63)(H,59,67)(H,73,74)/b15-13-,30-28+. The second kappa shape index (κ2) is 39.7. The third-order valence-electron chi connectivity index (χ3n) is 15.1. The number of allylic oxidation sites excluding steroid dienone is 3. The summed E-state index contributed by atoms with van der Waals surface area (Å²) in [6, 6.07) is -2.62. The van der Waals surface area contributed by atoms with Gasteiger partial charge in [0.15, 0.2) is 12.6 Å². The van der Waals surface area contributed by atoms with Crippen molar-refractivity contribution in [1.82, 2.24) is 10.6 Å². The van der Waals surface area contributed by atoms with E-state index in [4.69, 9.17) is 28.4 Å². The summed E-state index contributed by atoms with van der Waals surface area (Å²) in [7, 11) is 0. The van der Waals surface area contributed by atoms with Crippen LogP contribution in [-0.4, -0.2) is 215 Å². The second-order valence-electron chi connectivity index (χ2n) is 21.9. The number of hydrogen-bond acceptors (Lipinski definition) is 20. The quantitative estimate of drug-likeness (QED) is 0.0308. The van der Waals surface area contributed by atoms with E-state index < -0.39 is 155 Å². The summed E-state index contributed by atoms with van der Waals surface area (Å²) < 4.78 is 34.6. The van der Waals surface area contributed by atoms with Crippen LogP contribution in [-0.2, 0) is 42.8 Å². The Labute approximate surface area is 473 Å². The molecule has 23 nitrogen and oxygen atoms in total. The number of carboxylic acid groups (broad SMARTS) is 1. The van der Waals surface area contributed by atoms with Gasteiger partial charge in [0, 0.05) is 19.8 Å². The third-order valence-corrected chi connectivity index (χ3v) is 15.1. The van der Waals surface area contributed by atoms with Gasteiger partial charge < -0.3 is 100 Å². The van der Waals surface area contributed by atoms with Crippen LogP contribution in [0.2, 0.25) is 0 Å². The SMILES string of the molecule is CCCCC/C=C\CCCCCCCC(=O)NC(COC1OC(CO)C(OC2OC(CO)C(O)C(OC3(C(=O)O)CC(O)C(NC(C)=O)C(C(O)C(O)CO)O3)C2O)C(O)C1O)C(O)/C=C/CCCCCCCCCCCCCC. The maximum absolute atomic E-state index is 13.3. The number of nitrogens with one attached hydrogen (secondary N) is 2. The lowest BCUT2D eigenvalue weighted by molar-refractivity contribution is -0.386. The average molecular weight is 1150 g/mol. The van der Waals surface area contributed by atoms with Crippen LogP contribution in [0.1, 0.15) is 181 Å². The van der Waals surface area contributed by atoms with Gasteiger partial charge in [0.05, 0.1) is 50.7 Å². The van der Waals surface area contributed by atoms with Crippen molar-refractivity contribution in [3.63, 3.8) is 0 Å². The molecule has 18 unspecified atom stereocenters. The number of carboxylic acids is 1. The van der Waals surface area contributed by atoms with Gasteiger partial charge in [-0.1, -0.05) is 141 Å². The van der Waals surface area contributed by atoms with Gasteiger partial charge in [0.2, 0.25) is 11.8 Å². The van der Waals surface area contributed by atoms with Crippen LogP contribution in [0.15, 0.2) is 24.3 Å². The maximum atomic E-state index is 13.3. The zero-order valence-corrected chi connectivity index (χ0v) is 47.7. The molecule has 0 radical (unpaired) electrons. The topological polar surface area (TPSA) is 373 Å². The van der Waals surface area contributed by atoms with Crippen molar-refractivity contribution in [3.05, 3.63) is 24.3 Å². The summed E-state index contributed by atoms with van der Waals surface area (Å²) in [6.07, 6.45) is 3.98. The molecule has 0 aromatic heterocycles. The number of hydrogen-bond donors (Lipinski definition) is 14. The molecule has 14 N–H and O–H groups in total. The normalized spacial score (nSPS) is 30.8. The number of rotatable bonds is 42. The second-order valence-corrected chi connectivity index (χ2v) is 21.9. The molecule has 0 aliphatic carbocycles. The highest BCUT2D eigenvalue weighted by molar-refractivity contribution is 5.77. The Kier molecular flexibility index (Phi) is 35.5. The smallest absolute Gasteiger partial charge is 0.364 e. The van der Waals surface area contributed by atoms with Crippen molar-refractivity contribution < 1.29 is 104 Å². The Morgan fingerprint density at radius 2 is 1.18 bits per heavy atom. The lowest BCUT2D eigenvalue weighted by Gasteiger charge is -2.50. The number of aliphatic hydroxyl groups excluding tert-OH is 11. The molecule has 3 aliphatic heterocycles. The van der Waals surface area contributed by atoms with Crippen LogP contribution >= 0.6 is 0 Å². The van der Waals surface area contributed by atoms with Crippen molar-refractivity contribution in [1.29, 1.82) is 0 Å². The van der Waals surface area contributed by atoms with Crippen molar-refractivity contribution in [3.8, 4) is 0 Å². The molecule has 3 saturated heterocycles. The van der Waals surface area contributed by atoms with Crippen molar-refractivity contribution in [2.45, 2.75) is 291 Å². The van der Waals surface area contributed by atoms with Gasteiger partial charge >= 0.3 is 5.97 Å². The molecule has 0 bridgehead atoms. The molecule has 2 amide bonds. The summed E-state index contributed by atoms with van der Waals surface area (Å²) >= 11 is 0. The largest absolute Gasteiger partial charge is 0.477 e. The molecule has 3 aliphatic rings. The van der Waals surface area contributed by atoms with Gasteiger partial charge in [-0.25, -0.2) is 4.79 Å². The number of aliphatic hydroxyl groups is 11. The molecule has 0 aromatic rings. The molecule has 3 heterocycles. The Morgan fingerprint density at radius 3 is 1.73 bits per heavy atom. The highest BCUT2D eigenvalue weighted by atomic mass is 16.8. The first kappa shape index (κ1) is 71.5. The van der Waals surface area contributed by atoms with Gasteiger partial charge in [-0.15, -0.1) is 0 Å². The van der Waals surface area contributed by atoms with Crippen LogP contribution < -0.4 is 10.6 Å². The Bertz CT molecular complexity index is 1750. The molecule has 3 rings (SSSR count). The first-order valence-electron chi connectivity index (χ1n) is 29.7. The van der Waals surface area contributed by atoms with Crippen LogP contribution in [0.4, 0.5) is 0 Å². The molecule has 80 heavy (non-hydrogen) atoms. The number of carbonyl (C=O) groups is 3. The molecule has 23 heteroatoms. The summed E-state index contributed by atoms with van der Waals surface area (Å²) in [6.45, 7) is 2.04. The van der Waals surface area contributed by atoms with E-state index >= 15 is 0 Å². The van der Waals surface area contributed by atoms with E-state index in [-0.39, 0.29) is 12.3 Å². The van der Waals surface area contributed by atoms with E-state index in [0.29, 0.717) is 12.8 Å². The molecule has 0 aromatic carbocycles. The average Bonchev–Trinajstić information content (AvgIpc) is 3.63. The number of amides is 2. The van der Waals surface area contributed by atoms with E-state index in [1.54, 1.807) is 6.08 Å². The Balaban J connectivity index is 1.69. The van der Waals surface area contributed by atoms with Crippen molar-refractivity contribution in [2.24, 2.45) is 0 Å². The van der Waals surface area contributed by atoms with E-state index in [2.05, 4.69) is 36.6 Å². The van der Waals surface area contributed by atoms with E-state index in [1.165, 1.54) is 77.0 Å². The van der Waals surface area contributed by atoms with Crippen LogP contribution in [0.5, 0.6) is 0 Å². The zero-order valence-electron chi connectivity index (χ0n) is 47.7. The third kappa shape index (κ3) is 24.1. The number of ether oxygens (including phenoxy) is 6. The minimum Gasteiger partial charge on any atom is -0.477 e. The van der Waals surface area contributed by atoms with Gasteiger partial charge in [-0.2, -0.15) is 0 Å². The van der Waals surface area contributed by atoms with Gasteiger partial charge in [0.25, 0.3) is 5.79 Å². The van der Waals surface area contributed by atoms with E-state index in [9.17, 15) is 75.7 Å². The molecule has 18 atom stereocenters. The van der Waals surface area contributed by atoms with Crippen molar-refractivity contribution >= 4 is 17.8 Å². The predicted molar refractivity (Wildman–Crippen MR) is 292 cm³/mol. The summed E-state index contributed by atoms with van der Waals surface area (Å²) in [5.74, 6) is -6.16. The summed E-state index contributed by atoms with van der Waals surface area (Å²) in [5.41, 5.74) is 0. The van der Waals surface area contributed by atoms with Crippen molar-refractivity contribution in [2.75, 3.05) is 26.4 Å². The Morgan fingerprint density at radius 1 is 0.650 bits per heavy atom. The van der Waals surface area contributed by atoms with E-state index in [0.717, 1.165) is 64.7 Å². The maximum Gasteiger partial charge on any atom is 0.364 e. The zero-order chi connectivity index (χ0) is 59.0. The van der Waals surface area contributed by atoms with Crippen LogP contribution in [0.3, 0.4) is 0 Å². The number of unbranched alkanes of at least 4 members (excludes halogenated alkanes) is 20. The van der Waals surface area contributed by atoms with Gasteiger partial charge in [-0.3, -0.25) is 9.59 Å². The van der Waals surface area contributed by atoms with E-state index in [1.807, 2.05) is 6.08 Å². The highest BCUT2D eigenvalue weighted by Crippen LogP contribution is 2.38. The lowest BCUT2D eigenvalue weighted by Crippen LogP contribution is -2.70. The monoisotopic (exact) mass is 1150 g/mol. The fourth-order valence-electron chi connectivity index (χ4n) is 10.3. The minimum atomic E-state index is -3.08. The summed E-state index contributed by atoms with van der Waals surface area (Å²) in [4.78, 5) is 38.3. The highest BCUT2D eigenvalue weighted by Gasteiger charge is 2.60. The molecule has 466 valence electrons. The van der Waals surface area contributed by atoms with Crippen LogP contribution in [0.25, 0.3) is 0 Å². The van der Waals surface area contributed by atoms with Gasteiger partial charge in [-0.05, 0) is 44.9 Å². The summed E-state index contributed by atoms with van der Waals surface area (Å²) in [5, 5.41) is 135. The predicted octanol–water partition coefficient (Wildman–Crippen LogP) is 2.16. The first-order chi connectivity index (χ1) is 38.4. The number of carbonyl (C=O) groups excluding carboxylic acids is 2. The molecule has 0 spiro atoms. The minimum absolute atomic E-state index is 0.189. The fraction of sp³-hybridized carbons (Fsp3) is 0.877. The van der Waals surface area contributed by atoms with Gasteiger partial charge in [0.1, 0.15) is 67.1 Å². The molecular weight excluding hydrogens is 1050 g/mol. The molecule has 3 fully saturated rings. The van der Waals surface area contributed by atoms with Crippen LogP contribution in [0, 0.1) is 0 Å². The fourth-order valence-corrected chi connectivity index (χ4v) is 10.3. The Hall–Kier alpha value is -2.79. The number of aliphatic carboxylic acids is 1. The first-order valence-corrected chi connectivity index (χ1v) is 29.7. The lowest BCUT2D eigenvalue weighted by atomic mass is 9.88.